The largest absolute Gasteiger partial charge is 0.497 e. The lowest BCUT2D eigenvalue weighted by Crippen LogP contribution is -2.30. The van der Waals surface area contributed by atoms with Crippen molar-refractivity contribution in [2.75, 3.05) is 19.5 Å². The van der Waals surface area contributed by atoms with Crippen molar-refractivity contribution in [3.8, 4) is 11.5 Å². The smallest absolute Gasteiger partial charge is 0.338 e. The molecule has 2 rings (SSSR count). The summed E-state index contributed by atoms with van der Waals surface area (Å²) in [6.45, 7) is 5.31. The van der Waals surface area contributed by atoms with Crippen LogP contribution < -0.4 is 14.8 Å². The fourth-order valence-electron chi connectivity index (χ4n) is 2.52. The van der Waals surface area contributed by atoms with E-state index in [-0.39, 0.29) is 0 Å². The summed E-state index contributed by atoms with van der Waals surface area (Å²) >= 11 is 0. The van der Waals surface area contributed by atoms with Crippen LogP contribution in [0.2, 0.25) is 0 Å². The first-order valence-corrected chi connectivity index (χ1v) is 8.16. The maximum absolute atomic E-state index is 12.4. The molecule has 0 saturated carbocycles. The van der Waals surface area contributed by atoms with Crippen LogP contribution in [0.5, 0.6) is 11.5 Å². The Bertz CT molecular complexity index is 796. The van der Waals surface area contributed by atoms with Gasteiger partial charge in [0.2, 0.25) is 0 Å². The van der Waals surface area contributed by atoms with Crippen molar-refractivity contribution < 1.29 is 23.8 Å². The molecule has 26 heavy (non-hydrogen) atoms. The van der Waals surface area contributed by atoms with Crippen molar-refractivity contribution in [2.24, 2.45) is 0 Å². The maximum atomic E-state index is 12.4. The highest BCUT2D eigenvalue weighted by Crippen LogP contribution is 2.29. The highest BCUT2D eigenvalue weighted by Gasteiger charge is 2.20. The van der Waals surface area contributed by atoms with Gasteiger partial charge in [-0.15, -0.1) is 0 Å². The molecule has 1 N–H and O–H groups in total. The summed E-state index contributed by atoms with van der Waals surface area (Å²) in [6.07, 6.45) is -0.973. The monoisotopic (exact) mass is 357 g/mol. The number of carbonyl (C=O) groups excluding carboxylic acids is 2. The molecule has 0 aliphatic rings. The molecule has 0 saturated heterocycles. The molecule has 0 spiro atoms. The van der Waals surface area contributed by atoms with Crippen LogP contribution in [0, 0.1) is 13.8 Å². The van der Waals surface area contributed by atoms with Gasteiger partial charge in [0.05, 0.1) is 25.5 Å². The van der Waals surface area contributed by atoms with Crippen LogP contribution in [0.15, 0.2) is 36.4 Å². The minimum atomic E-state index is -0.973. The van der Waals surface area contributed by atoms with Crippen molar-refractivity contribution in [3.05, 3.63) is 53.1 Å². The van der Waals surface area contributed by atoms with Gasteiger partial charge in [0, 0.05) is 6.07 Å². The van der Waals surface area contributed by atoms with Crippen molar-refractivity contribution in [2.45, 2.75) is 26.9 Å². The van der Waals surface area contributed by atoms with E-state index < -0.39 is 18.0 Å². The fraction of sp³-hybridized carbons (Fsp3) is 0.300. The molecular weight excluding hydrogens is 334 g/mol. The number of rotatable bonds is 6. The minimum Gasteiger partial charge on any atom is -0.497 e. The average molecular weight is 357 g/mol. The molecule has 0 fully saturated rings. The summed E-state index contributed by atoms with van der Waals surface area (Å²) in [4.78, 5) is 24.7. The van der Waals surface area contributed by atoms with Crippen LogP contribution in [-0.2, 0) is 9.53 Å². The summed E-state index contributed by atoms with van der Waals surface area (Å²) in [5.41, 5.74) is 2.76. The number of hydrogen-bond acceptors (Lipinski definition) is 5. The third-order valence-electron chi connectivity index (χ3n) is 3.77. The molecule has 6 heteroatoms. The van der Waals surface area contributed by atoms with Crippen LogP contribution in [0.4, 0.5) is 5.69 Å². The topological polar surface area (TPSA) is 73.9 Å². The molecule has 0 heterocycles. The van der Waals surface area contributed by atoms with Crippen LogP contribution in [0.3, 0.4) is 0 Å². The molecule has 1 unspecified atom stereocenters. The molecule has 1 amide bonds. The van der Waals surface area contributed by atoms with Crippen LogP contribution >= 0.6 is 0 Å². The lowest BCUT2D eigenvalue weighted by atomic mass is 10.1. The van der Waals surface area contributed by atoms with Crippen molar-refractivity contribution in [1.29, 1.82) is 0 Å². The molecular formula is C20H23NO5. The summed E-state index contributed by atoms with van der Waals surface area (Å²) < 4.78 is 15.7. The van der Waals surface area contributed by atoms with E-state index in [1.165, 1.54) is 21.1 Å². The molecule has 2 aromatic carbocycles. The zero-order valence-electron chi connectivity index (χ0n) is 15.6. The quantitative estimate of drug-likeness (QED) is 0.801. The van der Waals surface area contributed by atoms with Crippen molar-refractivity contribution in [3.63, 3.8) is 0 Å². The Hall–Kier alpha value is -3.02. The number of carbonyl (C=O) groups is 2. The first-order chi connectivity index (χ1) is 12.3. The van der Waals surface area contributed by atoms with Gasteiger partial charge in [-0.3, -0.25) is 4.79 Å². The standard InChI is InChI=1S/C20H23NO5/c1-12-8-13(2)10-15(9-12)20(23)26-14(3)19(22)21-17-11-16(24-4)6-7-18(17)25-5/h6-11,14H,1-5H3,(H,21,22). The average Bonchev–Trinajstić information content (AvgIpc) is 2.60. The number of anilines is 1. The number of methoxy groups -OCH3 is 2. The third kappa shape index (κ3) is 4.75. The third-order valence-corrected chi connectivity index (χ3v) is 3.77. The number of amides is 1. The number of nitrogens with one attached hydrogen (secondary N) is 1. The Labute approximate surface area is 153 Å². The van der Waals surface area contributed by atoms with Crippen LogP contribution in [0.25, 0.3) is 0 Å². The van der Waals surface area contributed by atoms with Gasteiger partial charge >= 0.3 is 5.97 Å². The van der Waals surface area contributed by atoms with Gasteiger partial charge in [-0.05, 0) is 45.0 Å². The fourth-order valence-corrected chi connectivity index (χ4v) is 2.52. The minimum absolute atomic E-state index is 0.418. The zero-order valence-corrected chi connectivity index (χ0v) is 15.6. The molecule has 0 aromatic heterocycles. The summed E-state index contributed by atoms with van der Waals surface area (Å²) in [6, 6.07) is 10.5. The molecule has 0 aliphatic heterocycles. The SMILES string of the molecule is COc1ccc(OC)c(NC(=O)C(C)OC(=O)c2cc(C)cc(C)c2)c1. The number of aryl methyl sites for hydroxylation is 2. The number of ether oxygens (including phenoxy) is 3. The summed E-state index contributed by atoms with van der Waals surface area (Å²) in [7, 11) is 3.03. The Morgan fingerprint density at radius 3 is 2.19 bits per heavy atom. The van der Waals surface area contributed by atoms with Gasteiger partial charge in [-0.2, -0.15) is 0 Å². The van der Waals surface area contributed by atoms with Gasteiger partial charge in [0.25, 0.3) is 5.91 Å². The molecule has 0 bridgehead atoms. The number of benzene rings is 2. The normalized spacial score (nSPS) is 11.4. The number of hydrogen-bond donors (Lipinski definition) is 1. The molecule has 138 valence electrons. The van der Waals surface area contributed by atoms with E-state index in [0.717, 1.165) is 11.1 Å². The lowest BCUT2D eigenvalue weighted by molar-refractivity contribution is -0.123. The van der Waals surface area contributed by atoms with Crippen LogP contribution in [-0.4, -0.2) is 32.2 Å². The number of esters is 1. The van der Waals surface area contributed by atoms with E-state index in [2.05, 4.69) is 5.32 Å². The molecule has 1 atom stereocenters. The second-order valence-electron chi connectivity index (χ2n) is 5.98. The maximum Gasteiger partial charge on any atom is 0.338 e. The van der Waals surface area contributed by atoms with Gasteiger partial charge in [0.1, 0.15) is 11.5 Å². The predicted octanol–water partition coefficient (Wildman–Crippen LogP) is 3.50. The van der Waals surface area contributed by atoms with E-state index >= 15 is 0 Å². The Morgan fingerprint density at radius 1 is 0.962 bits per heavy atom. The predicted molar refractivity (Wildman–Crippen MR) is 99.0 cm³/mol. The highest BCUT2D eigenvalue weighted by atomic mass is 16.5. The van der Waals surface area contributed by atoms with Gasteiger partial charge in [-0.25, -0.2) is 4.79 Å². The van der Waals surface area contributed by atoms with E-state index in [1.807, 2.05) is 19.9 Å². The van der Waals surface area contributed by atoms with Crippen molar-refractivity contribution in [1.82, 2.24) is 0 Å². The first-order valence-electron chi connectivity index (χ1n) is 8.16. The Balaban J connectivity index is 2.09. The van der Waals surface area contributed by atoms with E-state index in [0.29, 0.717) is 22.7 Å². The van der Waals surface area contributed by atoms with E-state index in [9.17, 15) is 9.59 Å². The summed E-state index contributed by atoms with van der Waals surface area (Å²) in [5.74, 6) is 0.0410. The van der Waals surface area contributed by atoms with Gasteiger partial charge in [0.15, 0.2) is 6.10 Å². The molecule has 0 radical (unpaired) electrons. The molecule has 2 aromatic rings. The van der Waals surface area contributed by atoms with Crippen molar-refractivity contribution >= 4 is 17.6 Å². The zero-order chi connectivity index (χ0) is 19.3. The molecule has 6 nitrogen and oxygen atoms in total. The van der Waals surface area contributed by atoms with Gasteiger partial charge in [-0.1, -0.05) is 17.2 Å². The lowest BCUT2D eigenvalue weighted by Gasteiger charge is -2.16. The van der Waals surface area contributed by atoms with E-state index in [1.54, 1.807) is 30.3 Å². The Morgan fingerprint density at radius 2 is 1.62 bits per heavy atom. The van der Waals surface area contributed by atoms with Crippen LogP contribution in [0.1, 0.15) is 28.4 Å². The highest BCUT2D eigenvalue weighted by molar-refractivity contribution is 5.98. The second-order valence-corrected chi connectivity index (χ2v) is 5.98. The van der Waals surface area contributed by atoms with Gasteiger partial charge < -0.3 is 19.5 Å². The van der Waals surface area contributed by atoms with E-state index in [4.69, 9.17) is 14.2 Å². The molecule has 0 aliphatic carbocycles. The second kappa shape index (κ2) is 8.38. The Kier molecular flexibility index (Phi) is 6.22. The summed E-state index contributed by atoms with van der Waals surface area (Å²) in [5, 5.41) is 2.69. The first kappa shape index (κ1) is 19.3.